The number of rotatable bonds is 1. The fourth-order valence-corrected chi connectivity index (χ4v) is 2.00. The molecule has 72 valence electrons. The predicted octanol–water partition coefficient (Wildman–Crippen LogP) is 3.61. The van der Waals surface area contributed by atoms with Crippen LogP contribution in [-0.4, -0.2) is 9.55 Å². The Labute approximate surface area is 99.2 Å². The van der Waals surface area contributed by atoms with E-state index < -0.39 is 0 Å². The Hall–Kier alpha value is -0.610. The van der Waals surface area contributed by atoms with E-state index in [1.165, 1.54) is 0 Å². The molecule has 0 fully saturated rings. The van der Waals surface area contributed by atoms with Gasteiger partial charge in [0.2, 0.25) is 0 Å². The van der Waals surface area contributed by atoms with E-state index in [0.717, 1.165) is 20.5 Å². The molecule has 0 aliphatic rings. The van der Waals surface area contributed by atoms with Crippen molar-refractivity contribution < 1.29 is 0 Å². The molecule has 4 heteroatoms. The van der Waals surface area contributed by atoms with Gasteiger partial charge in [0.1, 0.15) is 0 Å². The molecule has 0 atom stereocenters. The predicted molar refractivity (Wildman–Crippen MR) is 64.0 cm³/mol. The average Bonchev–Trinajstić information content (AvgIpc) is 2.48. The molecule has 0 amide bonds. The van der Waals surface area contributed by atoms with Gasteiger partial charge < -0.3 is 4.57 Å². The van der Waals surface area contributed by atoms with E-state index in [1.807, 2.05) is 29.9 Å². The minimum atomic E-state index is 0.840. The topological polar surface area (TPSA) is 17.8 Å². The zero-order chi connectivity index (χ0) is 10.1. The molecule has 2 rings (SSSR count). The monoisotopic (exact) mass is 314 g/mol. The fourth-order valence-electron chi connectivity index (χ4n) is 1.30. The Balaban J connectivity index is 2.55. The molecule has 1 heterocycles. The van der Waals surface area contributed by atoms with Gasteiger partial charge in [0.05, 0.1) is 11.9 Å². The summed E-state index contributed by atoms with van der Waals surface area (Å²) < 4.78 is 3.92. The summed E-state index contributed by atoms with van der Waals surface area (Å²) in [5.41, 5.74) is 2.25. The van der Waals surface area contributed by atoms with Gasteiger partial charge in [0.15, 0.2) is 4.73 Å². The zero-order valence-corrected chi connectivity index (χ0v) is 10.7. The van der Waals surface area contributed by atoms with Crippen molar-refractivity contribution in [3.63, 3.8) is 0 Å². The molecule has 2 aromatic rings. The van der Waals surface area contributed by atoms with Crippen molar-refractivity contribution in [1.29, 1.82) is 0 Å². The quantitative estimate of drug-likeness (QED) is 0.786. The number of halogens is 2. The van der Waals surface area contributed by atoms with Crippen LogP contribution in [-0.2, 0) is 7.05 Å². The van der Waals surface area contributed by atoms with Crippen molar-refractivity contribution in [3.05, 3.63) is 39.7 Å². The van der Waals surface area contributed by atoms with Crippen LogP contribution < -0.4 is 0 Å². The Morgan fingerprint density at radius 1 is 1.29 bits per heavy atom. The van der Waals surface area contributed by atoms with Gasteiger partial charge in [0.25, 0.3) is 0 Å². The third-order valence-corrected chi connectivity index (χ3v) is 3.28. The summed E-state index contributed by atoms with van der Waals surface area (Å²) in [6.45, 7) is 0. The smallest absolute Gasteiger partial charge is 0.177 e. The summed E-state index contributed by atoms with van der Waals surface area (Å²) in [5, 5.41) is 0. The molecule has 2 nitrogen and oxygen atoms in total. The first kappa shape index (κ1) is 9.93. The summed E-state index contributed by atoms with van der Waals surface area (Å²) in [7, 11) is 1.98. The molecule has 0 saturated heterocycles. The van der Waals surface area contributed by atoms with Crippen LogP contribution in [0.15, 0.2) is 39.7 Å². The lowest BCUT2D eigenvalue weighted by molar-refractivity contribution is 0.888. The van der Waals surface area contributed by atoms with E-state index in [9.17, 15) is 0 Å². The van der Waals surface area contributed by atoms with Crippen LogP contribution in [0.3, 0.4) is 0 Å². The number of hydrogen-bond donors (Lipinski definition) is 0. The third kappa shape index (κ3) is 1.77. The van der Waals surface area contributed by atoms with Crippen LogP contribution in [0.4, 0.5) is 0 Å². The van der Waals surface area contributed by atoms with E-state index in [-0.39, 0.29) is 0 Å². The molecule has 0 saturated carbocycles. The Kier molecular flexibility index (Phi) is 2.74. The molecular weight excluding hydrogens is 308 g/mol. The minimum absolute atomic E-state index is 0.840. The van der Waals surface area contributed by atoms with Gasteiger partial charge in [0, 0.05) is 17.1 Å². The van der Waals surface area contributed by atoms with Gasteiger partial charge in [-0.2, -0.15) is 0 Å². The second-order valence-corrected chi connectivity index (χ2v) is 4.61. The Morgan fingerprint density at radius 2 is 2.07 bits per heavy atom. The van der Waals surface area contributed by atoms with Gasteiger partial charge in [-0.25, -0.2) is 4.98 Å². The van der Waals surface area contributed by atoms with Crippen LogP contribution in [0.2, 0.25) is 0 Å². The van der Waals surface area contributed by atoms with E-state index in [4.69, 9.17) is 0 Å². The normalized spacial score (nSPS) is 10.5. The van der Waals surface area contributed by atoms with Gasteiger partial charge in [-0.3, -0.25) is 0 Å². The lowest BCUT2D eigenvalue weighted by Gasteiger charge is -2.03. The highest BCUT2D eigenvalue weighted by molar-refractivity contribution is 9.10. The Bertz CT molecular complexity index is 463. The molecule has 0 aliphatic heterocycles. The Morgan fingerprint density at radius 3 is 2.64 bits per heavy atom. The maximum absolute atomic E-state index is 4.19. The van der Waals surface area contributed by atoms with Crippen molar-refractivity contribution in [2.45, 2.75) is 0 Å². The summed E-state index contributed by atoms with van der Waals surface area (Å²) >= 11 is 6.82. The molecule has 0 radical (unpaired) electrons. The van der Waals surface area contributed by atoms with Gasteiger partial charge >= 0.3 is 0 Å². The van der Waals surface area contributed by atoms with E-state index in [1.54, 1.807) is 0 Å². The molecule has 1 aromatic carbocycles. The maximum Gasteiger partial charge on any atom is 0.177 e. The van der Waals surface area contributed by atoms with Crippen molar-refractivity contribution in [2.75, 3.05) is 0 Å². The first-order valence-electron chi connectivity index (χ1n) is 4.11. The summed E-state index contributed by atoms with van der Waals surface area (Å²) in [6.07, 6.45) is 1.85. The second kappa shape index (κ2) is 3.87. The minimum Gasteiger partial charge on any atom is -0.322 e. The number of imidazole rings is 1. The molecule has 0 N–H and O–H groups in total. The lowest BCUT2D eigenvalue weighted by atomic mass is 10.2. The van der Waals surface area contributed by atoms with Crippen LogP contribution >= 0.6 is 31.9 Å². The summed E-state index contributed by atoms with van der Waals surface area (Å²) in [4.78, 5) is 4.19. The highest BCUT2D eigenvalue weighted by atomic mass is 79.9. The number of hydrogen-bond acceptors (Lipinski definition) is 1. The van der Waals surface area contributed by atoms with E-state index >= 15 is 0 Å². The van der Waals surface area contributed by atoms with Gasteiger partial charge in [-0.05, 0) is 28.1 Å². The third-order valence-electron chi connectivity index (χ3n) is 2.05. The first-order valence-corrected chi connectivity index (χ1v) is 5.70. The SMILES string of the molecule is Cn1c(-c2cccc(Br)c2)cnc1Br. The van der Waals surface area contributed by atoms with Gasteiger partial charge in [-0.15, -0.1) is 0 Å². The zero-order valence-electron chi connectivity index (χ0n) is 7.54. The highest BCUT2D eigenvalue weighted by Gasteiger charge is 2.05. The fraction of sp³-hybridized carbons (Fsp3) is 0.100. The average molecular weight is 316 g/mol. The largest absolute Gasteiger partial charge is 0.322 e. The molecule has 14 heavy (non-hydrogen) atoms. The molecule has 0 unspecified atom stereocenters. The van der Waals surface area contributed by atoms with Crippen molar-refractivity contribution >= 4 is 31.9 Å². The molecule has 0 bridgehead atoms. The van der Waals surface area contributed by atoms with Crippen molar-refractivity contribution in [2.24, 2.45) is 7.05 Å². The molecule has 0 aliphatic carbocycles. The van der Waals surface area contributed by atoms with E-state index in [0.29, 0.717) is 0 Å². The standard InChI is InChI=1S/C10H8Br2N2/c1-14-9(6-13-10(14)12)7-3-2-4-8(11)5-7/h2-6H,1H3. The van der Waals surface area contributed by atoms with Crippen molar-refractivity contribution in [3.8, 4) is 11.3 Å². The first-order chi connectivity index (χ1) is 6.68. The lowest BCUT2D eigenvalue weighted by Crippen LogP contribution is -1.91. The van der Waals surface area contributed by atoms with Crippen LogP contribution in [0.1, 0.15) is 0 Å². The van der Waals surface area contributed by atoms with Crippen LogP contribution in [0.25, 0.3) is 11.3 Å². The number of nitrogens with zero attached hydrogens (tertiary/aromatic N) is 2. The highest BCUT2D eigenvalue weighted by Crippen LogP contribution is 2.24. The molecular formula is C10H8Br2N2. The molecule has 0 spiro atoms. The van der Waals surface area contributed by atoms with Gasteiger partial charge in [-0.1, -0.05) is 28.1 Å². The van der Waals surface area contributed by atoms with E-state index in [2.05, 4.69) is 49.0 Å². The summed E-state index contributed by atoms with van der Waals surface area (Å²) in [5.74, 6) is 0. The maximum atomic E-state index is 4.19. The van der Waals surface area contributed by atoms with Crippen LogP contribution in [0.5, 0.6) is 0 Å². The number of benzene rings is 1. The number of aromatic nitrogens is 2. The summed E-state index contributed by atoms with van der Waals surface area (Å²) in [6, 6.07) is 8.16. The second-order valence-electron chi connectivity index (χ2n) is 2.98. The van der Waals surface area contributed by atoms with Crippen LogP contribution in [0, 0.1) is 0 Å². The molecule has 1 aromatic heterocycles. The van der Waals surface area contributed by atoms with Crippen molar-refractivity contribution in [1.82, 2.24) is 9.55 Å².